The van der Waals surface area contributed by atoms with E-state index in [4.69, 9.17) is 11.5 Å². The second-order valence-electron chi connectivity index (χ2n) is 8.18. The maximum absolute atomic E-state index is 14.7. The first-order valence-electron chi connectivity index (χ1n) is 10.4. The molecule has 9 heteroatoms. The van der Waals surface area contributed by atoms with E-state index in [1.165, 1.54) is 0 Å². The Bertz CT molecular complexity index is 1080. The highest BCUT2D eigenvalue weighted by atomic mass is 19.1. The lowest BCUT2D eigenvalue weighted by Crippen LogP contribution is -2.39. The molecule has 0 radical (unpaired) electrons. The van der Waals surface area contributed by atoms with Crippen molar-refractivity contribution in [3.8, 4) is 0 Å². The van der Waals surface area contributed by atoms with Crippen LogP contribution in [0.15, 0.2) is 30.5 Å². The number of anilines is 3. The Balaban J connectivity index is 1.98. The third-order valence-electron chi connectivity index (χ3n) is 5.13. The average Bonchev–Trinajstić information content (AvgIpc) is 3.11. The molecule has 0 bridgehead atoms. The standard InChI is InChI=1S/C22H30FN7O/c1-5-30-19-9-15(7-6-14(19)11-26-30)27-21-16(20(25)31)10-17(23)22(29-21)28-18(13(4)24)8-12(2)3/h6-7,9-13,18H,5,8,24H2,1-4H3,(H2,25,31)(H2,27,28,29)/t13-,18+/m0/s1. The van der Waals surface area contributed by atoms with Crippen molar-refractivity contribution in [1.82, 2.24) is 14.8 Å². The van der Waals surface area contributed by atoms with Crippen LogP contribution in [0.3, 0.4) is 0 Å². The number of nitrogens with two attached hydrogens (primary N) is 2. The second kappa shape index (κ2) is 9.30. The van der Waals surface area contributed by atoms with Gasteiger partial charge in [0.2, 0.25) is 0 Å². The molecule has 166 valence electrons. The zero-order chi connectivity index (χ0) is 22.7. The van der Waals surface area contributed by atoms with E-state index in [9.17, 15) is 9.18 Å². The quantitative estimate of drug-likeness (QED) is 0.414. The van der Waals surface area contributed by atoms with E-state index >= 15 is 0 Å². The van der Waals surface area contributed by atoms with Crippen LogP contribution in [0.25, 0.3) is 10.9 Å². The lowest BCUT2D eigenvalue weighted by atomic mass is 9.99. The predicted octanol–water partition coefficient (Wildman–Crippen LogP) is 3.61. The van der Waals surface area contributed by atoms with Crippen molar-refractivity contribution in [2.45, 2.75) is 52.7 Å². The highest BCUT2D eigenvalue weighted by molar-refractivity contribution is 5.99. The molecule has 0 spiro atoms. The van der Waals surface area contributed by atoms with Gasteiger partial charge in [-0.2, -0.15) is 5.10 Å². The molecule has 1 aromatic carbocycles. The minimum atomic E-state index is -0.772. The Morgan fingerprint density at radius 2 is 1.97 bits per heavy atom. The van der Waals surface area contributed by atoms with Gasteiger partial charge in [0, 0.05) is 29.7 Å². The number of primary amides is 1. The maximum Gasteiger partial charge on any atom is 0.252 e. The summed E-state index contributed by atoms with van der Waals surface area (Å²) in [6.45, 7) is 8.73. The van der Waals surface area contributed by atoms with Crippen LogP contribution in [0.2, 0.25) is 0 Å². The SMILES string of the molecule is CCn1ncc2ccc(Nc3nc(N[C@H](CC(C)C)[C@H](C)N)c(F)cc3C(N)=O)cc21. The number of benzene rings is 1. The molecule has 2 aromatic heterocycles. The van der Waals surface area contributed by atoms with Crippen LogP contribution < -0.4 is 22.1 Å². The molecule has 0 saturated carbocycles. The average molecular weight is 428 g/mol. The number of pyridine rings is 1. The van der Waals surface area contributed by atoms with Gasteiger partial charge in [-0.15, -0.1) is 0 Å². The molecule has 3 aromatic rings. The fourth-order valence-corrected chi connectivity index (χ4v) is 3.50. The summed E-state index contributed by atoms with van der Waals surface area (Å²) in [5, 5.41) is 11.5. The Labute approximate surface area is 181 Å². The summed E-state index contributed by atoms with van der Waals surface area (Å²) in [6, 6.07) is 6.37. The zero-order valence-corrected chi connectivity index (χ0v) is 18.3. The topological polar surface area (TPSA) is 124 Å². The van der Waals surface area contributed by atoms with Gasteiger partial charge in [-0.3, -0.25) is 9.48 Å². The number of hydrogen-bond donors (Lipinski definition) is 4. The molecule has 0 unspecified atom stereocenters. The van der Waals surface area contributed by atoms with Crippen LogP contribution in [-0.4, -0.2) is 32.8 Å². The first-order chi connectivity index (χ1) is 14.7. The van der Waals surface area contributed by atoms with Gasteiger partial charge >= 0.3 is 0 Å². The molecule has 2 heterocycles. The smallest absolute Gasteiger partial charge is 0.252 e. The molecule has 0 saturated heterocycles. The molecule has 0 fully saturated rings. The predicted molar refractivity (Wildman–Crippen MR) is 122 cm³/mol. The van der Waals surface area contributed by atoms with Crippen molar-refractivity contribution in [3.05, 3.63) is 41.8 Å². The summed E-state index contributed by atoms with van der Waals surface area (Å²) in [7, 11) is 0. The molecule has 2 atom stereocenters. The van der Waals surface area contributed by atoms with Crippen molar-refractivity contribution in [2.24, 2.45) is 17.4 Å². The van der Waals surface area contributed by atoms with Gasteiger partial charge in [-0.1, -0.05) is 13.8 Å². The van der Waals surface area contributed by atoms with E-state index in [0.29, 0.717) is 11.6 Å². The van der Waals surface area contributed by atoms with E-state index in [-0.39, 0.29) is 29.3 Å². The summed E-state index contributed by atoms with van der Waals surface area (Å²) in [5.41, 5.74) is 13.1. The van der Waals surface area contributed by atoms with Gasteiger partial charge in [0.1, 0.15) is 5.82 Å². The maximum atomic E-state index is 14.7. The zero-order valence-electron chi connectivity index (χ0n) is 18.3. The van der Waals surface area contributed by atoms with Crippen LogP contribution in [0.1, 0.15) is 44.5 Å². The van der Waals surface area contributed by atoms with E-state index in [1.54, 1.807) is 6.20 Å². The van der Waals surface area contributed by atoms with Crippen molar-refractivity contribution >= 4 is 34.1 Å². The number of carbonyl (C=O) groups is 1. The monoisotopic (exact) mass is 427 g/mol. The lowest BCUT2D eigenvalue weighted by molar-refractivity contribution is 0.100. The Hall–Kier alpha value is -3.20. The van der Waals surface area contributed by atoms with Gasteiger partial charge in [0.15, 0.2) is 11.6 Å². The van der Waals surface area contributed by atoms with E-state index in [0.717, 1.165) is 29.9 Å². The molecule has 0 aliphatic rings. The van der Waals surface area contributed by atoms with Crippen LogP contribution in [-0.2, 0) is 6.54 Å². The molecule has 1 amide bonds. The fourth-order valence-electron chi connectivity index (χ4n) is 3.50. The molecule has 8 nitrogen and oxygen atoms in total. The fraction of sp³-hybridized carbons (Fsp3) is 0.409. The molecular formula is C22H30FN7O. The van der Waals surface area contributed by atoms with E-state index in [1.807, 2.05) is 36.7 Å². The van der Waals surface area contributed by atoms with Crippen LogP contribution in [0, 0.1) is 11.7 Å². The number of hydrogen-bond acceptors (Lipinski definition) is 6. The molecule has 31 heavy (non-hydrogen) atoms. The number of nitrogens with one attached hydrogen (secondary N) is 2. The second-order valence-corrected chi connectivity index (χ2v) is 8.18. The minimum absolute atomic E-state index is 0.0233. The minimum Gasteiger partial charge on any atom is -0.365 e. The highest BCUT2D eigenvalue weighted by Gasteiger charge is 2.21. The Morgan fingerprint density at radius 1 is 1.23 bits per heavy atom. The van der Waals surface area contributed by atoms with Gasteiger partial charge in [-0.05, 0) is 50.5 Å². The number of rotatable bonds is 9. The van der Waals surface area contributed by atoms with E-state index < -0.39 is 11.7 Å². The van der Waals surface area contributed by atoms with Crippen LogP contribution in [0.5, 0.6) is 0 Å². The molecule has 0 aliphatic heterocycles. The van der Waals surface area contributed by atoms with E-state index in [2.05, 4.69) is 34.6 Å². The van der Waals surface area contributed by atoms with Crippen LogP contribution in [0.4, 0.5) is 21.7 Å². The summed E-state index contributed by atoms with van der Waals surface area (Å²) >= 11 is 0. The van der Waals surface area contributed by atoms with Crippen molar-refractivity contribution < 1.29 is 9.18 Å². The number of amides is 1. The normalized spacial score (nSPS) is 13.4. The van der Waals surface area contributed by atoms with Crippen molar-refractivity contribution in [1.29, 1.82) is 0 Å². The molecule has 6 N–H and O–H groups in total. The third kappa shape index (κ3) is 5.11. The third-order valence-corrected chi connectivity index (χ3v) is 5.13. The summed E-state index contributed by atoms with van der Waals surface area (Å²) in [6.07, 6.45) is 2.54. The molecular weight excluding hydrogens is 397 g/mol. The number of fused-ring (bicyclic) bond motifs is 1. The summed E-state index contributed by atoms with van der Waals surface area (Å²) < 4.78 is 16.6. The first kappa shape index (κ1) is 22.5. The Morgan fingerprint density at radius 3 is 2.58 bits per heavy atom. The first-order valence-corrected chi connectivity index (χ1v) is 10.4. The summed E-state index contributed by atoms with van der Waals surface area (Å²) in [4.78, 5) is 16.3. The van der Waals surface area contributed by atoms with Crippen LogP contribution >= 0.6 is 0 Å². The lowest BCUT2D eigenvalue weighted by Gasteiger charge is -2.25. The van der Waals surface area contributed by atoms with Crippen molar-refractivity contribution in [3.63, 3.8) is 0 Å². The number of carbonyl (C=O) groups excluding carboxylic acids is 1. The number of nitrogens with zero attached hydrogens (tertiary/aromatic N) is 3. The largest absolute Gasteiger partial charge is 0.365 e. The number of aryl methyl sites for hydroxylation is 1. The molecule has 0 aliphatic carbocycles. The number of halogens is 1. The number of aromatic nitrogens is 3. The summed E-state index contributed by atoms with van der Waals surface area (Å²) in [5.74, 6) is -0.870. The van der Waals surface area contributed by atoms with Gasteiger partial charge in [0.05, 0.1) is 17.3 Å². The van der Waals surface area contributed by atoms with Gasteiger partial charge in [0.25, 0.3) is 5.91 Å². The van der Waals surface area contributed by atoms with Gasteiger partial charge < -0.3 is 22.1 Å². The Kier molecular flexibility index (Phi) is 6.74. The highest BCUT2D eigenvalue weighted by Crippen LogP contribution is 2.27. The van der Waals surface area contributed by atoms with Crippen molar-refractivity contribution in [2.75, 3.05) is 10.6 Å². The molecule has 3 rings (SSSR count). The van der Waals surface area contributed by atoms with Gasteiger partial charge in [-0.25, -0.2) is 9.37 Å².